The molecule has 0 bridgehead atoms. The molecule has 0 aliphatic heterocycles. The summed E-state index contributed by atoms with van der Waals surface area (Å²) in [5.41, 5.74) is 0.824. The van der Waals surface area contributed by atoms with Crippen LogP contribution in [0.3, 0.4) is 0 Å². The summed E-state index contributed by atoms with van der Waals surface area (Å²) in [7, 11) is -3.50. The fourth-order valence-electron chi connectivity index (χ4n) is 2.18. The van der Waals surface area contributed by atoms with Gasteiger partial charge in [0, 0.05) is 39.7 Å². The summed E-state index contributed by atoms with van der Waals surface area (Å²) in [6.45, 7) is 0.161. The van der Waals surface area contributed by atoms with Crippen molar-refractivity contribution in [3.63, 3.8) is 0 Å². The van der Waals surface area contributed by atoms with E-state index in [0.29, 0.717) is 21.2 Å². The number of sulfone groups is 1. The highest BCUT2D eigenvalue weighted by atomic mass is 35.5. The molecule has 1 N–H and O–H groups in total. The number of hydrogen-bond donors (Lipinski definition) is 1. The summed E-state index contributed by atoms with van der Waals surface area (Å²) in [6.07, 6.45) is 2.55. The molecule has 7 nitrogen and oxygen atoms in total. The van der Waals surface area contributed by atoms with Gasteiger partial charge in [-0.15, -0.1) is 0 Å². The Morgan fingerprint density at radius 1 is 1.16 bits per heavy atom. The molecule has 1 aromatic carbocycles. The number of halogens is 2. The van der Waals surface area contributed by atoms with Crippen LogP contribution in [0.4, 0.5) is 0 Å². The SMILES string of the molecule is CS(=O)(=O)c1nc(-c2ccc(=O)n(Cc3c(Cl)cccc3Cl)c2)n[nH]1. The van der Waals surface area contributed by atoms with Gasteiger partial charge in [0.15, 0.2) is 5.82 Å². The first-order valence-corrected chi connectivity index (χ1v) is 9.66. The monoisotopic (exact) mass is 398 g/mol. The van der Waals surface area contributed by atoms with Crippen LogP contribution in [0, 0.1) is 0 Å². The highest BCUT2D eigenvalue weighted by Gasteiger charge is 2.15. The minimum absolute atomic E-state index is 0.161. The average molecular weight is 399 g/mol. The fourth-order valence-corrected chi connectivity index (χ4v) is 3.16. The molecule has 130 valence electrons. The Kier molecular flexibility index (Phi) is 4.68. The van der Waals surface area contributed by atoms with Gasteiger partial charge in [0.05, 0.1) is 6.54 Å². The van der Waals surface area contributed by atoms with E-state index in [1.54, 1.807) is 18.2 Å². The second-order valence-electron chi connectivity index (χ2n) is 5.32. The molecule has 0 radical (unpaired) electrons. The summed E-state index contributed by atoms with van der Waals surface area (Å²) < 4.78 is 24.4. The number of pyridine rings is 1. The van der Waals surface area contributed by atoms with Gasteiger partial charge in [0.25, 0.3) is 5.56 Å². The van der Waals surface area contributed by atoms with Crippen LogP contribution in [-0.4, -0.2) is 34.4 Å². The zero-order valence-electron chi connectivity index (χ0n) is 12.9. The summed E-state index contributed by atoms with van der Waals surface area (Å²) >= 11 is 12.3. The number of rotatable bonds is 4. The van der Waals surface area contributed by atoms with E-state index in [9.17, 15) is 13.2 Å². The maximum absolute atomic E-state index is 12.1. The molecule has 0 saturated carbocycles. The van der Waals surface area contributed by atoms with Gasteiger partial charge in [-0.1, -0.05) is 29.3 Å². The molecule has 0 fully saturated rings. The summed E-state index contributed by atoms with van der Waals surface area (Å²) in [5.74, 6) is 0.166. The van der Waals surface area contributed by atoms with Gasteiger partial charge < -0.3 is 4.57 Å². The number of nitrogens with one attached hydrogen (secondary N) is 1. The molecule has 0 aliphatic carbocycles. The highest BCUT2D eigenvalue weighted by Crippen LogP contribution is 2.25. The third kappa shape index (κ3) is 3.76. The van der Waals surface area contributed by atoms with E-state index in [-0.39, 0.29) is 23.1 Å². The van der Waals surface area contributed by atoms with E-state index in [0.717, 1.165) is 6.26 Å². The standard InChI is InChI=1S/C15H12Cl2N4O3S/c1-25(23,24)15-18-14(19-20-15)9-5-6-13(22)21(7-9)8-10-11(16)3-2-4-12(10)17/h2-7H,8H2,1H3,(H,18,19,20). The number of aromatic amines is 1. The van der Waals surface area contributed by atoms with Crippen molar-refractivity contribution >= 4 is 33.0 Å². The van der Waals surface area contributed by atoms with Crippen molar-refractivity contribution in [3.8, 4) is 11.4 Å². The van der Waals surface area contributed by atoms with Crippen LogP contribution in [-0.2, 0) is 16.4 Å². The molecule has 2 heterocycles. The van der Waals surface area contributed by atoms with Crippen LogP contribution in [0.15, 0.2) is 46.5 Å². The minimum atomic E-state index is -3.50. The smallest absolute Gasteiger partial charge is 0.250 e. The van der Waals surface area contributed by atoms with Crippen molar-refractivity contribution < 1.29 is 8.42 Å². The van der Waals surface area contributed by atoms with Crippen molar-refractivity contribution in [2.45, 2.75) is 11.7 Å². The number of aromatic nitrogens is 4. The average Bonchev–Trinajstić information content (AvgIpc) is 3.03. The lowest BCUT2D eigenvalue weighted by Gasteiger charge is -2.10. The summed E-state index contributed by atoms with van der Waals surface area (Å²) in [4.78, 5) is 16.1. The Morgan fingerprint density at radius 2 is 1.84 bits per heavy atom. The third-order valence-electron chi connectivity index (χ3n) is 3.45. The van der Waals surface area contributed by atoms with Crippen molar-refractivity contribution in [1.82, 2.24) is 19.7 Å². The van der Waals surface area contributed by atoms with Crippen molar-refractivity contribution in [3.05, 3.63) is 62.5 Å². The van der Waals surface area contributed by atoms with Gasteiger partial charge in [-0.25, -0.2) is 13.5 Å². The minimum Gasteiger partial charge on any atom is -0.310 e. The Labute approximate surface area is 153 Å². The predicted molar refractivity (Wildman–Crippen MR) is 94.8 cm³/mol. The lowest BCUT2D eigenvalue weighted by Crippen LogP contribution is -2.19. The first kappa shape index (κ1) is 17.7. The molecule has 0 spiro atoms. The fraction of sp³-hybridized carbons (Fsp3) is 0.133. The second kappa shape index (κ2) is 6.62. The van der Waals surface area contributed by atoms with E-state index in [4.69, 9.17) is 23.2 Å². The quantitative estimate of drug-likeness (QED) is 0.727. The van der Waals surface area contributed by atoms with Crippen LogP contribution in [0.25, 0.3) is 11.4 Å². The Hall–Kier alpha value is -2.16. The van der Waals surface area contributed by atoms with Crippen LogP contribution >= 0.6 is 23.2 Å². The molecular weight excluding hydrogens is 387 g/mol. The zero-order valence-corrected chi connectivity index (χ0v) is 15.2. The molecule has 0 saturated heterocycles. The second-order valence-corrected chi connectivity index (χ2v) is 8.07. The zero-order chi connectivity index (χ0) is 18.2. The van der Waals surface area contributed by atoms with E-state index in [1.807, 2.05) is 0 Å². The van der Waals surface area contributed by atoms with Gasteiger partial charge >= 0.3 is 0 Å². The molecule has 0 atom stereocenters. The molecule has 0 aliphatic rings. The normalized spacial score (nSPS) is 11.6. The van der Waals surface area contributed by atoms with Crippen molar-refractivity contribution in [2.24, 2.45) is 0 Å². The van der Waals surface area contributed by atoms with Gasteiger partial charge in [-0.2, -0.15) is 10.1 Å². The van der Waals surface area contributed by atoms with Gasteiger partial charge in [-0.05, 0) is 18.2 Å². The molecular formula is C15H12Cl2N4O3S. The van der Waals surface area contributed by atoms with E-state index >= 15 is 0 Å². The summed E-state index contributed by atoms with van der Waals surface area (Å²) in [5, 5.41) is 6.90. The van der Waals surface area contributed by atoms with Crippen LogP contribution in [0.5, 0.6) is 0 Å². The number of H-pyrrole nitrogens is 1. The largest absolute Gasteiger partial charge is 0.310 e. The van der Waals surface area contributed by atoms with E-state index in [2.05, 4.69) is 15.2 Å². The topological polar surface area (TPSA) is 97.7 Å². The van der Waals surface area contributed by atoms with Gasteiger partial charge in [0.2, 0.25) is 15.0 Å². The molecule has 2 aromatic heterocycles. The van der Waals surface area contributed by atoms with E-state index < -0.39 is 9.84 Å². The third-order valence-corrected chi connectivity index (χ3v) is 5.04. The molecule has 0 unspecified atom stereocenters. The van der Waals surface area contributed by atoms with E-state index in [1.165, 1.54) is 22.9 Å². The van der Waals surface area contributed by atoms with Crippen LogP contribution < -0.4 is 5.56 Å². The molecule has 3 rings (SSSR count). The van der Waals surface area contributed by atoms with Crippen LogP contribution in [0.1, 0.15) is 5.56 Å². The Morgan fingerprint density at radius 3 is 2.44 bits per heavy atom. The first-order valence-electron chi connectivity index (χ1n) is 7.02. The Balaban J connectivity index is 2.02. The van der Waals surface area contributed by atoms with Gasteiger partial charge in [0.1, 0.15) is 0 Å². The molecule has 0 amide bonds. The number of nitrogens with zero attached hydrogens (tertiary/aromatic N) is 3. The van der Waals surface area contributed by atoms with Crippen molar-refractivity contribution in [1.29, 1.82) is 0 Å². The summed E-state index contributed by atoms with van der Waals surface area (Å²) in [6, 6.07) is 7.95. The molecule has 3 aromatic rings. The maximum Gasteiger partial charge on any atom is 0.250 e. The Bertz CT molecular complexity index is 1090. The maximum atomic E-state index is 12.1. The highest BCUT2D eigenvalue weighted by molar-refractivity contribution is 7.90. The first-order chi connectivity index (χ1) is 11.8. The molecule has 10 heteroatoms. The number of hydrogen-bond acceptors (Lipinski definition) is 5. The lowest BCUT2D eigenvalue weighted by molar-refractivity contribution is 0.594. The lowest BCUT2D eigenvalue weighted by atomic mass is 10.2. The van der Waals surface area contributed by atoms with Crippen LogP contribution in [0.2, 0.25) is 10.0 Å². The number of benzene rings is 1. The predicted octanol–water partition coefficient (Wildman–Crippen LogP) is 2.39. The molecule has 25 heavy (non-hydrogen) atoms. The van der Waals surface area contributed by atoms with Gasteiger partial charge in [-0.3, -0.25) is 4.79 Å². The van der Waals surface area contributed by atoms with Crippen molar-refractivity contribution in [2.75, 3.05) is 6.26 Å².